The molecule has 0 spiro atoms. The van der Waals surface area contributed by atoms with Crippen LogP contribution in [0, 0.1) is 0 Å². The molecule has 0 saturated carbocycles. The molecule has 0 heterocycles. The van der Waals surface area contributed by atoms with Crippen LogP contribution in [0.1, 0.15) is 48.5 Å². The summed E-state index contributed by atoms with van der Waals surface area (Å²) in [6.07, 6.45) is -0.173. The van der Waals surface area contributed by atoms with E-state index in [1.54, 1.807) is 0 Å². The van der Waals surface area contributed by atoms with E-state index in [4.69, 9.17) is 225 Å². The highest BCUT2D eigenvalue weighted by atomic mass is 16.7. The van der Waals surface area contributed by atoms with Crippen molar-refractivity contribution in [2.24, 2.45) is 11.5 Å². The quantitative estimate of drug-likeness (QED) is 0.0825. The molecule has 878 valence electrons. The van der Waals surface area contributed by atoms with Gasteiger partial charge in [0.25, 0.3) is 0 Å². The van der Waals surface area contributed by atoms with E-state index >= 15 is 0 Å². The van der Waals surface area contributed by atoms with Crippen LogP contribution in [0.4, 0.5) is 0 Å². The normalized spacial score (nSPS) is 13.5. The Kier molecular flexibility index (Phi) is 128. The zero-order valence-electron chi connectivity index (χ0n) is 90.7. The second-order valence-corrected chi connectivity index (χ2v) is 32.1. The van der Waals surface area contributed by atoms with E-state index in [9.17, 15) is 0 Å². The fourth-order valence-electron chi connectivity index (χ4n) is 10.8. The third-order valence-corrected chi connectivity index (χ3v) is 18.3. The summed E-state index contributed by atoms with van der Waals surface area (Å²) >= 11 is 0. The van der Waals surface area contributed by atoms with Gasteiger partial charge in [0.2, 0.25) is 0 Å². The summed E-state index contributed by atoms with van der Waals surface area (Å²) in [5.74, 6) is 0. The topological polar surface area (TPSA) is 467 Å². The summed E-state index contributed by atoms with van der Waals surface area (Å²) in [6.45, 7) is 54.3. The third kappa shape index (κ3) is 133. The summed E-state index contributed by atoms with van der Waals surface area (Å²) in [4.78, 5) is 0. The van der Waals surface area contributed by atoms with Crippen LogP contribution < -0.4 is 11.5 Å². The zero-order chi connectivity index (χ0) is 105. The molecule has 0 bridgehead atoms. The van der Waals surface area contributed by atoms with Gasteiger partial charge in [-0.2, -0.15) is 0 Å². The number of hydrogen-bond acceptors (Lipinski definition) is 47. The number of rotatable bonds is 136. The Balaban J connectivity index is 3.14. The summed E-state index contributed by atoms with van der Waals surface area (Å²) in [7, 11) is 0. The Morgan fingerprint density at radius 2 is 0.178 bits per heavy atom. The second-order valence-electron chi connectivity index (χ2n) is 32.1. The minimum Gasteiger partial charge on any atom is -0.377 e. The lowest BCUT2D eigenvalue weighted by molar-refractivity contribution is -0.0856. The molecule has 0 saturated heterocycles. The first-order chi connectivity index (χ1) is 72.1. The molecule has 47 heteroatoms. The van der Waals surface area contributed by atoms with Gasteiger partial charge in [0.05, 0.1) is 592 Å². The van der Waals surface area contributed by atoms with Crippen LogP contribution in [0.5, 0.6) is 0 Å². The third-order valence-electron chi connectivity index (χ3n) is 18.3. The van der Waals surface area contributed by atoms with Crippen molar-refractivity contribution in [1.82, 2.24) is 0 Å². The fourth-order valence-corrected chi connectivity index (χ4v) is 10.8. The van der Waals surface area contributed by atoms with E-state index < -0.39 is 0 Å². The fraction of sp³-hybridized carbons (Fsp3) is 1.00. The van der Waals surface area contributed by atoms with Gasteiger partial charge in [-0.25, -0.2) is 0 Å². The molecular formula is C99H202N2O45. The second kappa shape index (κ2) is 130. The van der Waals surface area contributed by atoms with Crippen molar-refractivity contribution < 1.29 is 213 Å². The molecule has 4 N–H and O–H groups in total. The standard InChI is InChI=1S/C99H202N2O45/c1-93(100)86-141-89-96(4)145-92-99(7)146-90-97(5)142-85-84-139-81-80-137-77-76-135-73-72-133-69-68-131-65-64-129-61-60-127-57-56-125-53-52-123-49-48-121-45-44-119-41-40-117-37-36-115-33-32-113-29-28-111-25-24-109-21-20-107-17-16-105-13-12-103-9-8-102-10-11-104-14-15-106-18-19-108-22-23-110-26-27-112-30-31-114-34-35-116-38-39-118-42-43-120-46-47-122-50-51-124-54-55-126-58-59-128-62-63-130-66-67-132-70-71-134-74-75-136-78-79-138-82-83-140-88-95(3)144-91-98(6)143-87-94(2)101/h93-99H,8-92,100-101H2,1-7H3. The van der Waals surface area contributed by atoms with E-state index in [-0.39, 0.29) is 42.6 Å². The van der Waals surface area contributed by atoms with Crippen LogP contribution in [0.15, 0.2) is 0 Å². The molecular weight excluding hydrogens is 1940 g/mol. The lowest BCUT2D eigenvalue weighted by Gasteiger charge is -2.20. The van der Waals surface area contributed by atoms with E-state index in [0.717, 1.165) is 0 Å². The molecule has 47 nitrogen and oxygen atoms in total. The van der Waals surface area contributed by atoms with E-state index in [1.807, 2.05) is 48.5 Å². The summed E-state index contributed by atoms with van der Waals surface area (Å²) in [6, 6.07) is 0.0217. The van der Waals surface area contributed by atoms with Crippen molar-refractivity contribution >= 4 is 0 Å². The van der Waals surface area contributed by atoms with E-state index in [1.165, 1.54) is 0 Å². The van der Waals surface area contributed by atoms with Crippen molar-refractivity contribution in [3.63, 3.8) is 0 Å². The highest BCUT2D eigenvalue weighted by Crippen LogP contribution is 2.05. The predicted molar refractivity (Wildman–Crippen MR) is 537 cm³/mol. The van der Waals surface area contributed by atoms with Crippen LogP contribution in [0.2, 0.25) is 0 Å². The van der Waals surface area contributed by atoms with Crippen molar-refractivity contribution in [1.29, 1.82) is 0 Å². The molecule has 0 fully saturated rings. The molecule has 0 radical (unpaired) electrons. The van der Waals surface area contributed by atoms with Gasteiger partial charge in [0.1, 0.15) is 0 Å². The van der Waals surface area contributed by atoms with E-state index in [2.05, 4.69) is 0 Å². The first-order valence-corrected chi connectivity index (χ1v) is 52.8. The molecule has 0 amide bonds. The van der Waals surface area contributed by atoms with Gasteiger partial charge in [-0.1, -0.05) is 0 Å². The monoisotopic (exact) mass is 2140 g/mol. The van der Waals surface area contributed by atoms with Gasteiger partial charge in [0, 0.05) is 12.1 Å². The minimum atomic E-state index is -0.0559. The van der Waals surface area contributed by atoms with Gasteiger partial charge in [0.15, 0.2) is 0 Å². The highest BCUT2D eigenvalue weighted by molar-refractivity contribution is 4.60. The average Bonchev–Trinajstić information content (AvgIpc) is 0.988. The van der Waals surface area contributed by atoms with Gasteiger partial charge < -0.3 is 225 Å². The smallest absolute Gasteiger partial charge is 0.0781 e. The van der Waals surface area contributed by atoms with Gasteiger partial charge in [-0.05, 0) is 48.5 Å². The van der Waals surface area contributed by atoms with Gasteiger partial charge in [-0.3, -0.25) is 0 Å². The summed E-state index contributed by atoms with van der Waals surface area (Å²) in [5.41, 5.74) is 11.4. The van der Waals surface area contributed by atoms with Crippen LogP contribution >= 0.6 is 0 Å². The maximum absolute atomic E-state index is 5.83. The Bertz CT molecular complexity index is 2220. The molecule has 7 unspecified atom stereocenters. The SMILES string of the molecule is CC(N)COCC(C)OCC(C)OCC(C)OCCOCCOCCOCCOCCOCCOCCOCCOCCOCCOCCOCCOCCOCCOCCOCCOCCOCCOCCOCCOCCOCCOCCOCCOCCOCCOCCOCCOCCOCCOCCOCCOCCOCCOCCOCCOCCOCCOCCOCC(C)OCC(C)OCC(C)N. The maximum atomic E-state index is 5.83. The molecule has 0 aliphatic heterocycles. The molecule has 0 rings (SSSR count). The first kappa shape index (κ1) is 144. The Morgan fingerprint density at radius 1 is 0.0890 bits per heavy atom. The molecule has 0 aromatic rings. The zero-order valence-corrected chi connectivity index (χ0v) is 90.7. The molecule has 146 heavy (non-hydrogen) atoms. The average molecular weight is 2140 g/mol. The lowest BCUT2D eigenvalue weighted by atomic mass is 10.3. The Hall–Kier alpha value is -1.88. The summed E-state index contributed by atoms with van der Waals surface area (Å²) in [5, 5.41) is 0. The number of ether oxygens (including phenoxy) is 45. The van der Waals surface area contributed by atoms with Gasteiger partial charge >= 0.3 is 0 Å². The van der Waals surface area contributed by atoms with Crippen LogP contribution in [0.3, 0.4) is 0 Å². The van der Waals surface area contributed by atoms with E-state index in [0.29, 0.717) is 562 Å². The Labute approximate surface area is 873 Å². The highest BCUT2D eigenvalue weighted by Gasteiger charge is 2.14. The van der Waals surface area contributed by atoms with Crippen LogP contribution in [-0.2, 0) is 213 Å². The molecule has 0 aliphatic carbocycles. The number of hydrogen-bond donors (Lipinski definition) is 2. The minimum absolute atomic E-state index is 0.00955. The molecule has 7 atom stereocenters. The van der Waals surface area contributed by atoms with Crippen LogP contribution in [0.25, 0.3) is 0 Å². The summed E-state index contributed by atoms with van der Waals surface area (Å²) < 4.78 is 251. The van der Waals surface area contributed by atoms with Crippen LogP contribution in [-0.4, -0.2) is 604 Å². The van der Waals surface area contributed by atoms with Crippen molar-refractivity contribution in [2.75, 3.05) is 562 Å². The van der Waals surface area contributed by atoms with Crippen molar-refractivity contribution in [3.8, 4) is 0 Å². The molecule has 0 aromatic carbocycles. The Morgan fingerprint density at radius 3 is 0.301 bits per heavy atom. The molecule has 0 aliphatic rings. The van der Waals surface area contributed by atoms with Crippen molar-refractivity contribution in [3.05, 3.63) is 0 Å². The maximum Gasteiger partial charge on any atom is 0.0781 e. The largest absolute Gasteiger partial charge is 0.377 e. The van der Waals surface area contributed by atoms with Crippen molar-refractivity contribution in [2.45, 2.75) is 91.1 Å². The molecule has 0 aromatic heterocycles. The predicted octanol–water partition coefficient (Wildman–Crippen LogP) is 2.37. The number of nitrogens with two attached hydrogens (primary N) is 2. The first-order valence-electron chi connectivity index (χ1n) is 52.8. The lowest BCUT2D eigenvalue weighted by Crippen LogP contribution is -2.29. The van der Waals surface area contributed by atoms with Gasteiger partial charge in [-0.15, -0.1) is 0 Å².